The van der Waals surface area contributed by atoms with Gasteiger partial charge in [-0.1, -0.05) is 23.2 Å². The van der Waals surface area contributed by atoms with Crippen LogP contribution in [0.25, 0.3) is 0 Å². The third-order valence-corrected chi connectivity index (χ3v) is 5.19. The molecule has 10 heteroatoms. The van der Waals surface area contributed by atoms with Gasteiger partial charge in [0.15, 0.2) is 11.7 Å². The van der Waals surface area contributed by atoms with E-state index in [1.165, 1.54) is 0 Å². The van der Waals surface area contributed by atoms with Crippen molar-refractivity contribution in [1.29, 1.82) is 0 Å². The van der Waals surface area contributed by atoms with Crippen LogP contribution in [-0.4, -0.2) is 54.7 Å². The summed E-state index contributed by atoms with van der Waals surface area (Å²) in [6.45, 7) is 3.77. The van der Waals surface area contributed by atoms with Gasteiger partial charge < -0.3 is 19.7 Å². The molecule has 0 aromatic heterocycles. The van der Waals surface area contributed by atoms with Crippen LogP contribution in [0.15, 0.2) is 36.4 Å². The molecule has 0 bridgehead atoms. The molecule has 2 aromatic rings. The van der Waals surface area contributed by atoms with Crippen LogP contribution in [0.4, 0.5) is 5.69 Å². The van der Waals surface area contributed by atoms with Crippen molar-refractivity contribution < 1.29 is 19.1 Å². The van der Waals surface area contributed by atoms with E-state index in [-0.39, 0.29) is 17.6 Å². The molecule has 1 aliphatic rings. The molecule has 2 N–H and O–H groups in total. The van der Waals surface area contributed by atoms with Crippen molar-refractivity contribution in [3.05, 3.63) is 57.6 Å². The number of hydrogen-bond donors (Lipinski definition) is 2. The zero-order chi connectivity index (χ0) is 22.4. The predicted molar refractivity (Wildman–Crippen MR) is 124 cm³/mol. The van der Waals surface area contributed by atoms with Gasteiger partial charge in [0.05, 0.1) is 18.2 Å². The molecule has 0 radical (unpaired) electrons. The zero-order valence-electron chi connectivity index (χ0n) is 16.7. The van der Waals surface area contributed by atoms with E-state index in [1.54, 1.807) is 48.2 Å². The zero-order valence-corrected chi connectivity index (χ0v) is 19.1. The second kappa shape index (κ2) is 10.8. The smallest absolute Gasteiger partial charge is 0.264 e. The molecular weight excluding hydrogens is 461 g/mol. The normalized spacial score (nSPS) is 13.5. The Morgan fingerprint density at radius 1 is 1.16 bits per heavy atom. The minimum atomic E-state index is -0.443. The molecule has 0 aliphatic carbocycles. The summed E-state index contributed by atoms with van der Waals surface area (Å²) in [7, 11) is 0. The summed E-state index contributed by atoms with van der Waals surface area (Å²) in [6, 6.07) is 10.1. The molecule has 0 saturated carbocycles. The van der Waals surface area contributed by atoms with Crippen molar-refractivity contribution in [1.82, 2.24) is 10.2 Å². The number of halogens is 2. The molecule has 2 aromatic carbocycles. The number of carbonyl (C=O) groups is 2. The van der Waals surface area contributed by atoms with Gasteiger partial charge in [-0.2, -0.15) is 0 Å². The quantitative estimate of drug-likeness (QED) is 0.634. The van der Waals surface area contributed by atoms with E-state index >= 15 is 0 Å². The van der Waals surface area contributed by atoms with Crippen LogP contribution in [-0.2, 0) is 9.53 Å². The van der Waals surface area contributed by atoms with Gasteiger partial charge in [-0.3, -0.25) is 14.9 Å². The lowest BCUT2D eigenvalue weighted by Crippen LogP contribution is -2.40. The molecule has 1 heterocycles. The van der Waals surface area contributed by atoms with Gasteiger partial charge in [-0.05, 0) is 61.1 Å². The first-order valence-corrected chi connectivity index (χ1v) is 10.7. The monoisotopic (exact) mass is 481 g/mol. The van der Waals surface area contributed by atoms with Gasteiger partial charge in [0, 0.05) is 29.4 Å². The number of ether oxygens (including phenoxy) is 2. The van der Waals surface area contributed by atoms with E-state index in [1.807, 2.05) is 0 Å². The molecule has 0 atom stereocenters. The average Bonchev–Trinajstić information content (AvgIpc) is 2.73. The standard InChI is InChI=1S/C21H21Cl2N3O4S/c1-13-10-15(22)11-17(23)19(13)30-12-18(27)25-21(31)24-16-4-2-14(3-5-16)20(28)26-6-8-29-9-7-26/h2-5,10-11H,6-9,12H2,1H3,(H2,24,25,27,31). The van der Waals surface area contributed by atoms with Crippen LogP contribution in [0.3, 0.4) is 0 Å². The summed E-state index contributed by atoms with van der Waals surface area (Å²) in [5.41, 5.74) is 1.94. The van der Waals surface area contributed by atoms with Crippen LogP contribution >= 0.6 is 35.4 Å². The number of nitrogens with zero attached hydrogens (tertiary/aromatic N) is 1. The number of nitrogens with one attached hydrogen (secondary N) is 2. The predicted octanol–water partition coefficient (Wildman–Crippen LogP) is 3.67. The van der Waals surface area contributed by atoms with E-state index in [9.17, 15) is 9.59 Å². The Balaban J connectivity index is 1.49. The largest absolute Gasteiger partial charge is 0.482 e. The number of anilines is 1. The molecule has 1 aliphatic heterocycles. The lowest BCUT2D eigenvalue weighted by atomic mass is 10.1. The number of aryl methyl sites for hydroxylation is 1. The number of carbonyl (C=O) groups excluding carboxylic acids is 2. The van der Waals surface area contributed by atoms with Gasteiger partial charge in [0.1, 0.15) is 5.75 Å². The molecule has 164 valence electrons. The first-order valence-electron chi connectivity index (χ1n) is 9.50. The molecule has 31 heavy (non-hydrogen) atoms. The number of morpholine rings is 1. The van der Waals surface area contributed by atoms with E-state index < -0.39 is 5.91 Å². The van der Waals surface area contributed by atoms with Crippen molar-refractivity contribution in [3.8, 4) is 5.75 Å². The van der Waals surface area contributed by atoms with Crippen molar-refractivity contribution in [3.63, 3.8) is 0 Å². The van der Waals surface area contributed by atoms with Crippen molar-refractivity contribution >= 4 is 58.0 Å². The Hall–Kier alpha value is -2.39. The van der Waals surface area contributed by atoms with E-state index in [0.29, 0.717) is 53.3 Å². The highest BCUT2D eigenvalue weighted by Gasteiger charge is 2.18. The average molecular weight is 482 g/mol. The SMILES string of the molecule is Cc1cc(Cl)cc(Cl)c1OCC(=O)NC(=S)Nc1ccc(C(=O)N2CCOCC2)cc1. The molecule has 0 unspecified atom stereocenters. The number of thiocarbonyl (C=S) groups is 1. The topological polar surface area (TPSA) is 79.9 Å². The summed E-state index contributed by atoms with van der Waals surface area (Å²) >= 11 is 17.2. The Morgan fingerprint density at radius 3 is 2.48 bits per heavy atom. The molecule has 7 nitrogen and oxygen atoms in total. The van der Waals surface area contributed by atoms with Gasteiger partial charge in [0.25, 0.3) is 11.8 Å². The van der Waals surface area contributed by atoms with Gasteiger partial charge in [0.2, 0.25) is 0 Å². The lowest BCUT2D eigenvalue weighted by molar-refractivity contribution is -0.121. The lowest BCUT2D eigenvalue weighted by Gasteiger charge is -2.26. The summed E-state index contributed by atoms with van der Waals surface area (Å²) in [5, 5.41) is 6.36. The minimum Gasteiger partial charge on any atom is -0.482 e. The number of hydrogen-bond acceptors (Lipinski definition) is 5. The number of amides is 2. The van der Waals surface area contributed by atoms with Crippen LogP contribution in [0.2, 0.25) is 10.0 Å². The fourth-order valence-corrected chi connectivity index (χ4v) is 3.86. The number of rotatable bonds is 5. The first kappa shape index (κ1) is 23.3. The molecule has 1 saturated heterocycles. The third kappa shape index (κ3) is 6.54. The fourth-order valence-electron chi connectivity index (χ4n) is 2.98. The summed E-state index contributed by atoms with van der Waals surface area (Å²) in [4.78, 5) is 26.4. The van der Waals surface area contributed by atoms with Crippen LogP contribution in [0.5, 0.6) is 5.75 Å². The molecule has 3 rings (SSSR count). The van der Waals surface area contributed by atoms with Crippen LogP contribution < -0.4 is 15.4 Å². The Morgan fingerprint density at radius 2 is 1.84 bits per heavy atom. The maximum absolute atomic E-state index is 12.5. The maximum atomic E-state index is 12.5. The van der Waals surface area contributed by atoms with E-state index in [4.69, 9.17) is 44.9 Å². The van der Waals surface area contributed by atoms with Gasteiger partial charge >= 0.3 is 0 Å². The van der Waals surface area contributed by atoms with Crippen molar-refractivity contribution in [2.24, 2.45) is 0 Å². The Bertz CT molecular complexity index is 956. The molecular formula is C21H21Cl2N3O4S. The van der Waals surface area contributed by atoms with Gasteiger partial charge in [-0.25, -0.2) is 0 Å². The van der Waals surface area contributed by atoms with Crippen molar-refractivity contribution in [2.75, 3.05) is 38.2 Å². The Labute approximate surface area is 195 Å². The number of benzene rings is 2. The highest BCUT2D eigenvalue weighted by atomic mass is 35.5. The third-order valence-electron chi connectivity index (χ3n) is 4.48. The summed E-state index contributed by atoms with van der Waals surface area (Å²) in [6.07, 6.45) is 0. The molecule has 2 amide bonds. The second-order valence-electron chi connectivity index (χ2n) is 6.81. The van der Waals surface area contributed by atoms with E-state index in [2.05, 4.69) is 10.6 Å². The fraction of sp³-hybridized carbons (Fsp3) is 0.286. The maximum Gasteiger partial charge on any atom is 0.264 e. The van der Waals surface area contributed by atoms with E-state index in [0.717, 1.165) is 5.56 Å². The summed E-state index contributed by atoms with van der Waals surface area (Å²) in [5.74, 6) is -0.0957. The van der Waals surface area contributed by atoms with Gasteiger partial charge in [-0.15, -0.1) is 0 Å². The van der Waals surface area contributed by atoms with Crippen LogP contribution in [0, 0.1) is 6.92 Å². The highest BCUT2D eigenvalue weighted by molar-refractivity contribution is 7.80. The first-order chi connectivity index (χ1) is 14.8. The van der Waals surface area contributed by atoms with Crippen molar-refractivity contribution in [2.45, 2.75) is 6.92 Å². The highest BCUT2D eigenvalue weighted by Crippen LogP contribution is 2.31. The Kier molecular flexibility index (Phi) is 8.09. The molecule has 1 fully saturated rings. The van der Waals surface area contributed by atoms with Crippen LogP contribution in [0.1, 0.15) is 15.9 Å². The second-order valence-corrected chi connectivity index (χ2v) is 8.06. The minimum absolute atomic E-state index is 0.0426. The molecule has 0 spiro atoms. The summed E-state index contributed by atoms with van der Waals surface area (Å²) < 4.78 is 10.8.